The Kier molecular flexibility index (Phi) is 4.49. The molecule has 0 aromatic heterocycles. The van der Waals surface area contributed by atoms with Crippen LogP contribution in [0.3, 0.4) is 0 Å². The molecule has 1 aromatic rings. The van der Waals surface area contributed by atoms with Gasteiger partial charge in [-0.15, -0.1) is 0 Å². The number of nitrogens with zero attached hydrogens (tertiary/aromatic N) is 1. The third kappa shape index (κ3) is 4.71. The highest BCUT2D eigenvalue weighted by Crippen LogP contribution is 2.25. The second-order valence-electron chi connectivity index (χ2n) is 6.60. The van der Waals surface area contributed by atoms with Gasteiger partial charge in [0.25, 0.3) is 0 Å². The van der Waals surface area contributed by atoms with Gasteiger partial charge in [-0.1, -0.05) is 18.2 Å². The van der Waals surface area contributed by atoms with Crippen molar-refractivity contribution in [3.63, 3.8) is 0 Å². The molecule has 2 N–H and O–H groups in total. The van der Waals surface area contributed by atoms with Crippen molar-refractivity contribution in [3.05, 3.63) is 34.9 Å². The lowest BCUT2D eigenvalue weighted by molar-refractivity contribution is 0.0242. The number of carbonyl (C=O) groups is 1. The lowest BCUT2D eigenvalue weighted by Crippen LogP contribution is -2.33. The van der Waals surface area contributed by atoms with E-state index in [1.165, 1.54) is 6.26 Å². The van der Waals surface area contributed by atoms with E-state index in [0.29, 0.717) is 19.6 Å². The van der Waals surface area contributed by atoms with Crippen LogP contribution in [0.15, 0.2) is 18.2 Å². The van der Waals surface area contributed by atoms with Gasteiger partial charge in [0, 0.05) is 25.9 Å². The lowest BCUT2D eigenvalue weighted by atomic mass is 10.1. The Bertz CT molecular complexity index is 678. The van der Waals surface area contributed by atoms with Crippen LogP contribution in [0.25, 0.3) is 0 Å². The first-order valence-corrected chi connectivity index (χ1v) is 9.07. The summed E-state index contributed by atoms with van der Waals surface area (Å²) in [5.74, 6) is 0. The topological polar surface area (TPSA) is 82.5 Å². The van der Waals surface area contributed by atoms with Crippen LogP contribution in [0.5, 0.6) is 0 Å². The summed E-state index contributed by atoms with van der Waals surface area (Å²) in [4.78, 5) is 13.8. The molecule has 2 rings (SSSR count). The summed E-state index contributed by atoms with van der Waals surface area (Å²) in [5.41, 5.74) is 2.61. The minimum absolute atomic E-state index is 0.314. The van der Waals surface area contributed by atoms with Crippen molar-refractivity contribution in [2.24, 2.45) is 0 Å². The molecule has 1 amide bonds. The van der Waals surface area contributed by atoms with Crippen molar-refractivity contribution in [1.29, 1.82) is 4.78 Å². The molecule has 1 unspecified atom stereocenters. The Hall–Kier alpha value is -1.60. The van der Waals surface area contributed by atoms with E-state index in [-0.39, 0.29) is 6.09 Å². The molecule has 0 aliphatic carbocycles. The number of benzene rings is 1. The third-order valence-electron chi connectivity index (χ3n) is 3.20. The highest BCUT2D eigenvalue weighted by Gasteiger charge is 2.27. The Morgan fingerprint density at radius 3 is 2.59 bits per heavy atom. The van der Waals surface area contributed by atoms with E-state index in [4.69, 9.17) is 9.52 Å². The zero-order valence-corrected chi connectivity index (χ0v) is 14.3. The summed E-state index contributed by atoms with van der Waals surface area (Å²) in [6.07, 6.45) is 1.04. The molecular formula is C15H23N3O3S. The van der Waals surface area contributed by atoms with E-state index in [2.05, 4.69) is 4.72 Å². The van der Waals surface area contributed by atoms with Gasteiger partial charge in [0.2, 0.25) is 0 Å². The Balaban J connectivity index is 2.04. The number of fused-ring (bicyclic) bond motifs is 1. The standard InChI is InChI=1S/C15H23N3O3S/c1-15(2,3)21-14(19)18-9-12-6-5-11(7-13(12)10-18)8-17-22(4,16)20/h5-7H,8-10H2,1-4H3,(H2,16,17,20). The molecule has 1 atom stereocenters. The van der Waals surface area contributed by atoms with Gasteiger partial charge in [0.05, 0.1) is 0 Å². The first-order chi connectivity index (χ1) is 10.0. The molecule has 0 radical (unpaired) electrons. The molecule has 0 spiro atoms. The Morgan fingerprint density at radius 2 is 2.00 bits per heavy atom. The molecule has 1 heterocycles. The predicted octanol–water partition coefficient (Wildman–Crippen LogP) is 2.62. The molecule has 0 bridgehead atoms. The zero-order chi connectivity index (χ0) is 16.5. The molecule has 22 heavy (non-hydrogen) atoms. The first kappa shape index (κ1) is 16.8. The SMILES string of the molecule is CC(C)(C)OC(=O)N1Cc2ccc(CNS(C)(=N)=O)cc2C1. The van der Waals surface area contributed by atoms with E-state index in [0.717, 1.165) is 16.7 Å². The van der Waals surface area contributed by atoms with Crippen LogP contribution in [-0.2, 0) is 34.3 Å². The van der Waals surface area contributed by atoms with Gasteiger partial charge in [0.15, 0.2) is 0 Å². The Labute approximate surface area is 131 Å². The summed E-state index contributed by atoms with van der Waals surface area (Å²) >= 11 is 0. The molecule has 6 nitrogen and oxygen atoms in total. The van der Waals surface area contributed by atoms with E-state index in [9.17, 15) is 9.00 Å². The minimum Gasteiger partial charge on any atom is -0.444 e. The zero-order valence-electron chi connectivity index (χ0n) is 13.4. The quantitative estimate of drug-likeness (QED) is 0.896. The van der Waals surface area contributed by atoms with Gasteiger partial charge >= 0.3 is 6.09 Å². The fourth-order valence-electron chi connectivity index (χ4n) is 2.23. The van der Waals surface area contributed by atoms with Crippen molar-refractivity contribution in [1.82, 2.24) is 9.62 Å². The van der Waals surface area contributed by atoms with Crippen molar-refractivity contribution < 1.29 is 13.7 Å². The summed E-state index contributed by atoms with van der Waals surface area (Å²) in [7, 11) is -2.72. The second kappa shape index (κ2) is 5.89. The molecule has 1 aromatic carbocycles. The number of amides is 1. The molecule has 1 aliphatic heterocycles. The number of hydrogen-bond donors (Lipinski definition) is 2. The molecule has 1 aliphatic rings. The van der Waals surface area contributed by atoms with Crippen molar-refractivity contribution in [2.45, 2.75) is 46.0 Å². The summed E-state index contributed by atoms with van der Waals surface area (Å²) in [6, 6.07) is 5.88. The van der Waals surface area contributed by atoms with Crippen molar-refractivity contribution in [3.8, 4) is 0 Å². The largest absolute Gasteiger partial charge is 0.444 e. The van der Waals surface area contributed by atoms with Gasteiger partial charge in [0.1, 0.15) is 15.5 Å². The third-order valence-corrected chi connectivity index (χ3v) is 3.89. The van der Waals surface area contributed by atoms with Crippen LogP contribution in [-0.4, -0.2) is 27.1 Å². The normalized spacial score (nSPS) is 17.0. The van der Waals surface area contributed by atoms with Gasteiger partial charge in [-0.2, -0.15) is 0 Å². The molecule has 0 saturated heterocycles. The number of hydrogen-bond acceptors (Lipinski definition) is 4. The van der Waals surface area contributed by atoms with Crippen LogP contribution in [0.1, 0.15) is 37.5 Å². The van der Waals surface area contributed by atoms with Gasteiger partial charge in [-0.3, -0.25) is 4.90 Å². The molecular weight excluding hydrogens is 302 g/mol. The monoisotopic (exact) mass is 325 g/mol. The smallest absolute Gasteiger partial charge is 0.410 e. The summed E-state index contributed by atoms with van der Waals surface area (Å²) in [5, 5.41) is 0. The van der Waals surface area contributed by atoms with Gasteiger partial charge in [-0.05, 0) is 37.5 Å². The van der Waals surface area contributed by atoms with Crippen LogP contribution >= 0.6 is 0 Å². The van der Waals surface area contributed by atoms with Crippen LogP contribution in [0.4, 0.5) is 4.79 Å². The van der Waals surface area contributed by atoms with Gasteiger partial charge in [-0.25, -0.2) is 18.5 Å². The molecule has 0 saturated carbocycles. The van der Waals surface area contributed by atoms with Crippen LogP contribution in [0, 0.1) is 4.78 Å². The number of rotatable bonds is 3. The van der Waals surface area contributed by atoms with E-state index in [1.54, 1.807) is 4.90 Å². The first-order valence-electron chi connectivity index (χ1n) is 7.10. The Morgan fingerprint density at radius 1 is 1.36 bits per heavy atom. The van der Waals surface area contributed by atoms with Crippen LogP contribution in [0.2, 0.25) is 0 Å². The average Bonchev–Trinajstić information content (AvgIpc) is 2.76. The fraction of sp³-hybridized carbons (Fsp3) is 0.533. The fourth-order valence-corrected chi connectivity index (χ4v) is 2.68. The van der Waals surface area contributed by atoms with E-state index < -0.39 is 15.5 Å². The van der Waals surface area contributed by atoms with Crippen molar-refractivity contribution in [2.75, 3.05) is 6.26 Å². The summed E-state index contributed by atoms with van der Waals surface area (Å²) in [6.45, 7) is 6.98. The lowest BCUT2D eigenvalue weighted by Gasteiger charge is -2.24. The van der Waals surface area contributed by atoms with Gasteiger partial charge < -0.3 is 4.74 Å². The molecule has 7 heteroatoms. The number of carbonyl (C=O) groups excluding carboxylic acids is 1. The second-order valence-corrected chi connectivity index (χ2v) is 8.58. The highest BCUT2D eigenvalue weighted by atomic mass is 32.2. The molecule has 122 valence electrons. The maximum absolute atomic E-state index is 12.1. The van der Waals surface area contributed by atoms with Crippen molar-refractivity contribution >= 4 is 16.0 Å². The predicted molar refractivity (Wildman–Crippen MR) is 85.5 cm³/mol. The van der Waals surface area contributed by atoms with E-state index in [1.807, 2.05) is 39.0 Å². The minimum atomic E-state index is -2.72. The highest BCUT2D eigenvalue weighted by molar-refractivity contribution is 7.89. The average molecular weight is 325 g/mol. The van der Waals surface area contributed by atoms with Crippen LogP contribution < -0.4 is 4.72 Å². The maximum atomic E-state index is 12.1. The molecule has 0 fully saturated rings. The number of ether oxygens (including phenoxy) is 1. The maximum Gasteiger partial charge on any atom is 0.410 e. The summed E-state index contributed by atoms with van der Waals surface area (Å²) < 4.78 is 26.8. The number of nitrogens with one attached hydrogen (secondary N) is 2. The van der Waals surface area contributed by atoms with E-state index >= 15 is 0 Å².